The first-order chi connectivity index (χ1) is 13.9. The average Bonchev–Trinajstić information content (AvgIpc) is 3.06. The Kier molecular flexibility index (Phi) is 5.17. The van der Waals surface area contributed by atoms with Crippen molar-refractivity contribution in [1.29, 1.82) is 0 Å². The minimum absolute atomic E-state index is 0.0115. The fraction of sp³-hybridized carbons (Fsp3) is 0.375. The quantitative estimate of drug-likeness (QED) is 0.708. The van der Waals surface area contributed by atoms with E-state index >= 15 is 0 Å². The van der Waals surface area contributed by atoms with Gasteiger partial charge < -0.3 is 14.4 Å². The lowest BCUT2D eigenvalue weighted by Crippen LogP contribution is -2.43. The van der Waals surface area contributed by atoms with Gasteiger partial charge in [0.05, 0.1) is 12.7 Å². The van der Waals surface area contributed by atoms with Gasteiger partial charge in [0.1, 0.15) is 17.3 Å². The van der Waals surface area contributed by atoms with Crippen molar-refractivity contribution in [3.8, 4) is 5.75 Å². The summed E-state index contributed by atoms with van der Waals surface area (Å²) in [6, 6.07) is 12.1. The molecule has 2 aromatic rings. The van der Waals surface area contributed by atoms with Crippen molar-refractivity contribution in [2.75, 3.05) is 20.7 Å². The number of ether oxygens (including phenoxy) is 2. The monoisotopic (exact) mass is 395 g/mol. The number of aryl methyl sites for hydroxylation is 1. The van der Waals surface area contributed by atoms with E-state index < -0.39 is 5.97 Å². The van der Waals surface area contributed by atoms with Gasteiger partial charge in [-0.3, -0.25) is 0 Å². The number of benzene rings is 2. The van der Waals surface area contributed by atoms with Crippen molar-refractivity contribution in [2.24, 2.45) is 0 Å². The number of carbonyl (C=O) groups excluding carboxylic acids is 1. The van der Waals surface area contributed by atoms with E-state index in [1.54, 1.807) is 7.11 Å². The standard InChI is InChI=1S/C24H26FNO3/c1-16-14-18(6-9-21(16)28-3)24-11-10-20(15-22(24)26(2)13-12-24)29-23(27)17-4-7-19(25)8-5-17/h4-10,14,22H,11-13,15H2,1-3H3/t22-,24-/m0/s1. The van der Waals surface area contributed by atoms with Crippen molar-refractivity contribution in [2.45, 2.75) is 37.6 Å². The van der Waals surface area contributed by atoms with E-state index in [-0.39, 0.29) is 17.3 Å². The second-order valence-corrected chi connectivity index (χ2v) is 8.06. The molecule has 1 fully saturated rings. The van der Waals surface area contributed by atoms with Crippen LogP contribution in [-0.2, 0) is 10.2 Å². The molecule has 0 amide bonds. The van der Waals surface area contributed by atoms with Gasteiger partial charge in [0.25, 0.3) is 0 Å². The Morgan fingerprint density at radius 1 is 1.21 bits per heavy atom. The first-order valence-electron chi connectivity index (χ1n) is 9.95. The van der Waals surface area contributed by atoms with Crippen LogP contribution in [0.25, 0.3) is 0 Å². The van der Waals surface area contributed by atoms with E-state index in [4.69, 9.17) is 9.47 Å². The minimum atomic E-state index is -0.440. The molecule has 0 saturated carbocycles. The highest BCUT2D eigenvalue weighted by molar-refractivity contribution is 5.90. The van der Waals surface area contributed by atoms with Gasteiger partial charge in [0.2, 0.25) is 0 Å². The van der Waals surface area contributed by atoms with Gasteiger partial charge in [0, 0.05) is 17.9 Å². The van der Waals surface area contributed by atoms with Crippen LogP contribution in [0.15, 0.2) is 54.3 Å². The van der Waals surface area contributed by atoms with Gasteiger partial charge in [-0.25, -0.2) is 9.18 Å². The molecule has 0 N–H and O–H groups in total. The summed E-state index contributed by atoms with van der Waals surface area (Å²) in [6.07, 6.45) is 4.61. The smallest absolute Gasteiger partial charge is 0.343 e. The lowest BCUT2D eigenvalue weighted by Gasteiger charge is -2.40. The molecule has 0 aromatic heterocycles. The zero-order chi connectivity index (χ0) is 20.6. The van der Waals surface area contributed by atoms with Gasteiger partial charge in [-0.15, -0.1) is 0 Å². The van der Waals surface area contributed by atoms with E-state index in [0.717, 1.165) is 30.7 Å². The Morgan fingerprint density at radius 2 is 1.97 bits per heavy atom. The molecule has 0 spiro atoms. The molecular weight excluding hydrogens is 369 g/mol. The van der Waals surface area contributed by atoms with E-state index in [0.29, 0.717) is 17.7 Å². The van der Waals surface area contributed by atoms with Crippen LogP contribution >= 0.6 is 0 Å². The maximum Gasteiger partial charge on any atom is 0.343 e. The summed E-state index contributed by atoms with van der Waals surface area (Å²) in [4.78, 5) is 14.8. The Balaban J connectivity index is 1.58. The molecule has 1 heterocycles. The molecule has 29 heavy (non-hydrogen) atoms. The molecule has 2 atom stereocenters. The molecule has 2 aromatic carbocycles. The Labute approximate surface area is 170 Å². The second kappa shape index (κ2) is 7.64. The summed E-state index contributed by atoms with van der Waals surface area (Å²) in [5, 5.41) is 0. The lowest BCUT2D eigenvalue weighted by molar-refractivity contribution is 0.0579. The molecule has 0 radical (unpaired) electrons. The van der Waals surface area contributed by atoms with Crippen LogP contribution in [0.5, 0.6) is 5.75 Å². The number of carbonyl (C=O) groups is 1. The molecule has 0 bridgehead atoms. The van der Waals surface area contributed by atoms with Crippen LogP contribution in [0.1, 0.15) is 40.7 Å². The number of hydrogen-bond donors (Lipinski definition) is 0. The summed E-state index contributed by atoms with van der Waals surface area (Å²) >= 11 is 0. The number of likely N-dealkylation sites (tertiary alicyclic amines) is 1. The fourth-order valence-corrected chi connectivity index (χ4v) is 4.77. The molecule has 1 aliphatic carbocycles. The van der Waals surface area contributed by atoms with E-state index in [2.05, 4.69) is 37.1 Å². The molecular formula is C24H26FNO3. The molecule has 4 nitrogen and oxygen atoms in total. The number of nitrogens with zero attached hydrogens (tertiary/aromatic N) is 1. The fourth-order valence-electron chi connectivity index (χ4n) is 4.77. The number of methoxy groups -OCH3 is 1. The Bertz CT molecular complexity index is 953. The number of hydrogen-bond acceptors (Lipinski definition) is 4. The summed E-state index contributed by atoms with van der Waals surface area (Å²) in [5.74, 6) is 0.780. The molecule has 5 heteroatoms. The van der Waals surface area contributed by atoms with Gasteiger partial charge in [0.15, 0.2) is 0 Å². The van der Waals surface area contributed by atoms with E-state index in [9.17, 15) is 9.18 Å². The third-order valence-corrected chi connectivity index (χ3v) is 6.44. The van der Waals surface area contributed by atoms with Crippen LogP contribution in [0.3, 0.4) is 0 Å². The molecule has 1 aliphatic heterocycles. The van der Waals surface area contributed by atoms with Crippen molar-refractivity contribution in [3.05, 3.63) is 76.8 Å². The van der Waals surface area contributed by atoms with E-state index in [1.165, 1.54) is 29.8 Å². The van der Waals surface area contributed by atoms with Gasteiger partial charge in [-0.05, 0) is 80.9 Å². The first-order valence-corrected chi connectivity index (χ1v) is 9.95. The van der Waals surface area contributed by atoms with E-state index in [1.807, 2.05) is 6.07 Å². The third kappa shape index (κ3) is 3.55. The topological polar surface area (TPSA) is 38.8 Å². The van der Waals surface area contributed by atoms with Crippen LogP contribution in [0.2, 0.25) is 0 Å². The second-order valence-electron chi connectivity index (χ2n) is 8.06. The number of rotatable bonds is 4. The zero-order valence-corrected chi connectivity index (χ0v) is 17.1. The zero-order valence-electron chi connectivity index (χ0n) is 17.1. The maximum absolute atomic E-state index is 13.1. The SMILES string of the molecule is COc1ccc([C@@]23CC=C(OC(=O)c4ccc(F)cc4)C[C@@H]2N(C)CC3)cc1C. The van der Waals surface area contributed by atoms with Crippen LogP contribution in [0, 0.1) is 12.7 Å². The van der Waals surface area contributed by atoms with Crippen molar-refractivity contribution in [1.82, 2.24) is 4.90 Å². The van der Waals surface area contributed by atoms with Crippen molar-refractivity contribution < 1.29 is 18.7 Å². The number of likely N-dealkylation sites (N-methyl/N-ethyl adjacent to an activating group) is 1. The Hall–Kier alpha value is -2.66. The normalized spacial score (nSPS) is 24.0. The highest BCUT2D eigenvalue weighted by atomic mass is 19.1. The molecule has 0 unspecified atom stereocenters. The largest absolute Gasteiger partial charge is 0.496 e. The molecule has 1 saturated heterocycles. The summed E-state index contributed by atoms with van der Waals surface area (Å²) in [7, 11) is 3.82. The maximum atomic E-state index is 13.1. The van der Waals surface area contributed by atoms with Gasteiger partial charge in [-0.2, -0.15) is 0 Å². The van der Waals surface area contributed by atoms with Crippen molar-refractivity contribution >= 4 is 5.97 Å². The first kappa shape index (κ1) is 19.6. The summed E-state index contributed by atoms with van der Waals surface area (Å²) in [6.45, 7) is 3.07. The number of fused-ring (bicyclic) bond motifs is 1. The lowest BCUT2D eigenvalue weighted by atomic mass is 9.68. The third-order valence-electron chi connectivity index (χ3n) is 6.44. The number of halogens is 1. The van der Waals surface area contributed by atoms with Crippen LogP contribution in [-0.4, -0.2) is 37.6 Å². The van der Waals surface area contributed by atoms with Gasteiger partial charge >= 0.3 is 5.97 Å². The molecule has 152 valence electrons. The van der Waals surface area contributed by atoms with Crippen LogP contribution < -0.4 is 4.74 Å². The highest BCUT2D eigenvalue weighted by Gasteiger charge is 2.49. The highest BCUT2D eigenvalue weighted by Crippen LogP contribution is 2.48. The molecule has 2 aliphatic rings. The summed E-state index contributed by atoms with van der Waals surface area (Å²) in [5.41, 5.74) is 2.81. The Morgan fingerprint density at radius 3 is 2.66 bits per heavy atom. The number of allylic oxidation sites excluding steroid dienone is 1. The van der Waals surface area contributed by atoms with Gasteiger partial charge in [-0.1, -0.05) is 12.1 Å². The summed E-state index contributed by atoms with van der Waals surface area (Å²) < 4.78 is 24.2. The van der Waals surface area contributed by atoms with Crippen LogP contribution in [0.4, 0.5) is 4.39 Å². The average molecular weight is 395 g/mol. The number of esters is 1. The minimum Gasteiger partial charge on any atom is -0.496 e. The molecule has 4 rings (SSSR count). The predicted octanol–water partition coefficient (Wildman–Crippen LogP) is 4.62. The predicted molar refractivity (Wildman–Crippen MR) is 110 cm³/mol. The van der Waals surface area contributed by atoms with Crippen molar-refractivity contribution in [3.63, 3.8) is 0 Å².